The quantitative estimate of drug-likeness (QED) is 0.289. The van der Waals surface area contributed by atoms with Crippen LogP contribution < -0.4 is 5.32 Å². The van der Waals surface area contributed by atoms with Crippen LogP contribution in [0.4, 0.5) is 5.69 Å². The van der Waals surface area contributed by atoms with Crippen molar-refractivity contribution in [3.63, 3.8) is 0 Å². The Labute approximate surface area is 175 Å². The Morgan fingerprint density at radius 3 is 2.40 bits per heavy atom. The number of esters is 1. The molecule has 1 N–H and O–H groups in total. The number of nitrogens with zero attached hydrogens (tertiary/aromatic N) is 1. The lowest BCUT2D eigenvalue weighted by Gasteiger charge is -2.15. The van der Waals surface area contributed by atoms with Gasteiger partial charge in [-0.1, -0.05) is 50.2 Å². The molecule has 0 aromatic heterocycles. The van der Waals surface area contributed by atoms with Crippen LogP contribution in [0.5, 0.6) is 0 Å². The molecule has 0 radical (unpaired) electrons. The van der Waals surface area contributed by atoms with Gasteiger partial charge in [-0.05, 0) is 42.5 Å². The Bertz CT molecular complexity index is 919. The lowest BCUT2D eigenvalue weighted by Crippen LogP contribution is -2.30. The van der Waals surface area contributed by atoms with Gasteiger partial charge in [0.15, 0.2) is 6.61 Å². The minimum absolute atomic E-state index is 0.118. The number of carbonyl (C=O) groups excluding carboxylic acids is 2. The van der Waals surface area contributed by atoms with Gasteiger partial charge in [-0.25, -0.2) is 4.79 Å². The normalized spacial score (nSPS) is 12.0. The van der Waals surface area contributed by atoms with Crippen molar-refractivity contribution in [2.75, 3.05) is 6.61 Å². The van der Waals surface area contributed by atoms with Gasteiger partial charge in [0.1, 0.15) is 0 Å². The standard InChI is InChI=1S/C23H26N2O5/c1-16(2)14-18-8-10-19(11-9-18)17(3)24-22(26)15-30-23(27)13-12-20-6-4-5-7-21(20)25(28)29/h4-13,16-17H,14-15H2,1-3H3,(H,24,26)/b13-12+/t17-/m1/s1. The van der Waals surface area contributed by atoms with E-state index in [0.29, 0.717) is 5.92 Å². The van der Waals surface area contributed by atoms with Crippen LogP contribution in [-0.2, 0) is 20.7 Å². The van der Waals surface area contributed by atoms with Crippen LogP contribution in [0, 0.1) is 16.0 Å². The summed E-state index contributed by atoms with van der Waals surface area (Å²) in [5.41, 5.74) is 2.36. The molecular formula is C23H26N2O5. The molecular weight excluding hydrogens is 384 g/mol. The number of nitro benzene ring substituents is 1. The summed E-state index contributed by atoms with van der Waals surface area (Å²) in [5.74, 6) is -0.611. The molecule has 1 atom stereocenters. The fourth-order valence-electron chi connectivity index (χ4n) is 2.92. The second kappa shape index (κ2) is 10.9. The van der Waals surface area contributed by atoms with Crippen molar-refractivity contribution in [2.24, 2.45) is 5.92 Å². The highest BCUT2D eigenvalue weighted by atomic mass is 16.6. The fraction of sp³-hybridized carbons (Fsp3) is 0.304. The van der Waals surface area contributed by atoms with Crippen LogP contribution in [-0.4, -0.2) is 23.4 Å². The molecule has 0 aliphatic rings. The third-order valence-electron chi connectivity index (χ3n) is 4.38. The summed E-state index contributed by atoms with van der Waals surface area (Å²) in [6.07, 6.45) is 3.35. The fourth-order valence-corrected chi connectivity index (χ4v) is 2.92. The van der Waals surface area contributed by atoms with Crippen molar-refractivity contribution in [1.82, 2.24) is 5.32 Å². The molecule has 0 aliphatic heterocycles. The van der Waals surface area contributed by atoms with Crippen LogP contribution in [0.2, 0.25) is 0 Å². The Morgan fingerprint density at radius 1 is 1.10 bits per heavy atom. The molecule has 158 valence electrons. The lowest BCUT2D eigenvalue weighted by molar-refractivity contribution is -0.385. The Balaban J connectivity index is 1.84. The van der Waals surface area contributed by atoms with E-state index in [1.165, 1.54) is 29.8 Å². The van der Waals surface area contributed by atoms with Gasteiger partial charge >= 0.3 is 5.97 Å². The van der Waals surface area contributed by atoms with Crippen molar-refractivity contribution in [3.8, 4) is 0 Å². The first-order valence-electron chi connectivity index (χ1n) is 9.72. The van der Waals surface area contributed by atoms with Gasteiger partial charge in [-0.2, -0.15) is 0 Å². The van der Waals surface area contributed by atoms with Crippen LogP contribution >= 0.6 is 0 Å². The number of ether oxygens (including phenoxy) is 1. The molecule has 0 saturated heterocycles. The molecule has 0 bridgehead atoms. The minimum atomic E-state index is -0.756. The Kier molecular flexibility index (Phi) is 8.29. The molecule has 0 heterocycles. The number of hydrogen-bond acceptors (Lipinski definition) is 5. The molecule has 7 heteroatoms. The third-order valence-corrected chi connectivity index (χ3v) is 4.38. The number of para-hydroxylation sites is 1. The summed E-state index contributed by atoms with van der Waals surface area (Å²) in [6, 6.07) is 13.8. The van der Waals surface area contributed by atoms with E-state index in [0.717, 1.165) is 18.1 Å². The number of nitrogens with one attached hydrogen (secondary N) is 1. The first-order chi connectivity index (χ1) is 14.3. The smallest absolute Gasteiger partial charge is 0.331 e. The van der Waals surface area contributed by atoms with E-state index in [1.54, 1.807) is 6.07 Å². The lowest BCUT2D eigenvalue weighted by atomic mass is 10.00. The maximum Gasteiger partial charge on any atom is 0.331 e. The highest BCUT2D eigenvalue weighted by Gasteiger charge is 2.13. The van der Waals surface area contributed by atoms with E-state index in [2.05, 4.69) is 19.2 Å². The largest absolute Gasteiger partial charge is 0.452 e. The first-order valence-corrected chi connectivity index (χ1v) is 9.72. The summed E-state index contributed by atoms with van der Waals surface area (Å²) in [6.45, 7) is 5.74. The average Bonchev–Trinajstić information content (AvgIpc) is 2.70. The summed E-state index contributed by atoms with van der Waals surface area (Å²) in [4.78, 5) is 34.3. The predicted molar refractivity (Wildman–Crippen MR) is 115 cm³/mol. The molecule has 2 aromatic rings. The zero-order valence-corrected chi connectivity index (χ0v) is 17.3. The maximum atomic E-state index is 12.1. The highest BCUT2D eigenvalue weighted by molar-refractivity contribution is 5.90. The van der Waals surface area contributed by atoms with Crippen molar-refractivity contribution < 1.29 is 19.2 Å². The summed E-state index contributed by atoms with van der Waals surface area (Å²) in [5, 5.41) is 13.7. The van der Waals surface area contributed by atoms with Crippen molar-refractivity contribution >= 4 is 23.6 Å². The van der Waals surface area contributed by atoms with Gasteiger partial charge in [0.2, 0.25) is 0 Å². The van der Waals surface area contributed by atoms with Crippen LogP contribution in [0.25, 0.3) is 6.08 Å². The number of amides is 1. The summed E-state index contributed by atoms with van der Waals surface area (Å²) < 4.78 is 4.92. The molecule has 0 spiro atoms. The number of carbonyl (C=O) groups is 2. The topological polar surface area (TPSA) is 98.5 Å². The molecule has 0 saturated carbocycles. The van der Waals surface area contributed by atoms with Gasteiger partial charge < -0.3 is 10.1 Å². The maximum absolute atomic E-state index is 12.1. The average molecular weight is 410 g/mol. The molecule has 0 unspecified atom stereocenters. The second-order valence-corrected chi connectivity index (χ2v) is 7.39. The molecule has 0 aliphatic carbocycles. The van der Waals surface area contributed by atoms with Gasteiger partial charge in [-0.15, -0.1) is 0 Å². The van der Waals surface area contributed by atoms with Gasteiger partial charge in [-0.3, -0.25) is 14.9 Å². The van der Waals surface area contributed by atoms with E-state index >= 15 is 0 Å². The van der Waals surface area contributed by atoms with E-state index in [1.807, 2.05) is 31.2 Å². The SMILES string of the molecule is CC(C)Cc1ccc([C@@H](C)NC(=O)COC(=O)/C=C/c2ccccc2[N+](=O)[O-])cc1. The van der Waals surface area contributed by atoms with Crippen molar-refractivity contribution in [3.05, 3.63) is 81.4 Å². The second-order valence-electron chi connectivity index (χ2n) is 7.39. The number of rotatable bonds is 9. The molecule has 2 rings (SSSR count). The highest BCUT2D eigenvalue weighted by Crippen LogP contribution is 2.19. The Hall–Kier alpha value is -3.48. The minimum Gasteiger partial charge on any atom is -0.452 e. The monoisotopic (exact) mass is 410 g/mol. The van der Waals surface area contributed by atoms with Crippen LogP contribution in [0.15, 0.2) is 54.6 Å². The van der Waals surface area contributed by atoms with Gasteiger partial charge in [0.25, 0.3) is 11.6 Å². The zero-order chi connectivity index (χ0) is 22.1. The number of nitro groups is 1. The van der Waals surface area contributed by atoms with Crippen LogP contribution in [0.1, 0.15) is 43.5 Å². The van der Waals surface area contributed by atoms with Crippen molar-refractivity contribution in [1.29, 1.82) is 0 Å². The Morgan fingerprint density at radius 2 is 1.77 bits per heavy atom. The molecule has 30 heavy (non-hydrogen) atoms. The van der Waals surface area contributed by atoms with E-state index in [4.69, 9.17) is 4.74 Å². The van der Waals surface area contributed by atoms with Gasteiger partial charge in [0, 0.05) is 12.1 Å². The van der Waals surface area contributed by atoms with Gasteiger partial charge in [0.05, 0.1) is 16.5 Å². The first kappa shape index (κ1) is 22.8. The third kappa shape index (κ3) is 7.16. The predicted octanol–water partition coefficient (Wildman–Crippen LogP) is 4.23. The van der Waals surface area contributed by atoms with Crippen molar-refractivity contribution in [2.45, 2.75) is 33.2 Å². The summed E-state index contributed by atoms with van der Waals surface area (Å²) in [7, 11) is 0. The van der Waals surface area contributed by atoms with E-state index in [9.17, 15) is 19.7 Å². The molecule has 2 aromatic carbocycles. The number of hydrogen-bond donors (Lipinski definition) is 1. The molecule has 0 fully saturated rings. The molecule has 1 amide bonds. The number of benzene rings is 2. The van der Waals surface area contributed by atoms with E-state index < -0.39 is 23.4 Å². The van der Waals surface area contributed by atoms with Crippen LogP contribution in [0.3, 0.4) is 0 Å². The van der Waals surface area contributed by atoms with E-state index in [-0.39, 0.29) is 17.3 Å². The zero-order valence-electron chi connectivity index (χ0n) is 17.3. The molecule has 7 nitrogen and oxygen atoms in total. The summed E-state index contributed by atoms with van der Waals surface area (Å²) >= 11 is 0.